The number of benzene rings is 2. The highest BCUT2D eigenvalue weighted by Crippen LogP contribution is 2.34. The van der Waals surface area contributed by atoms with E-state index in [9.17, 15) is 9.59 Å². The number of hydrogen-bond donors (Lipinski definition) is 1. The largest absolute Gasteiger partial charge is 0.454 e. The second kappa shape index (κ2) is 6.75. The SMILES string of the molecule is Cc1nc2ccccc2c(=O)n1CC(=O)N[C@H](C)c1ccc2c(c1)OCO2. The van der Waals surface area contributed by atoms with E-state index in [0.29, 0.717) is 28.2 Å². The standard InChI is InChI=1S/C20H19N3O4/c1-12(14-7-8-17-18(9-14)27-11-26-17)21-19(24)10-23-13(2)22-16-6-4-3-5-15(16)20(23)25/h3-9,12H,10-11H2,1-2H3,(H,21,24)/t12-/m1/s1. The minimum Gasteiger partial charge on any atom is -0.454 e. The summed E-state index contributed by atoms with van der Waals surface area (Å²) in [4.78, 5) is 29.6. The van der Waals surface area contributed by atoms with Crippen LogP contribution in [0.3, 0.4) is 0 Å². The molecule has 1 atom stereocenters. The van der Waals surface area contributed by atoms with E-state index in [4.69, 9.17) is 9.47 Å². The first-order valence-electron chi connectivity index (χ1n) is 8.68. The van der Waals surface area contributed by atoms with Crippen LogP contribution in [0.25, 0.3) is 10.9 Å². The third kappa shape index (κ3) is 3.23. The van der Waals surface area contributed by atoms with Crippen molar-refractivity contribution in [2.24, 2.45) is 0 Å². The van der Waals surface area contributed by atoms with Crippen LogP contribution in [0.4, 0.5) is 0 Å². The molecule has 2 aromatic carbocycles. The molecule has 0 saturated heterocycles. The van der Waals surface area contributed by atoms with Gasteiger partial charge >= 0.3 is 0 Å². The molecule has 1 aromatic heterocycles. The van der Waals surface area contributed by atoms with Crippen molar-refractivity contribution in [2.45, 2.75) is 26.4 Å². The fourth-order valence-electron chi connectivity index (χ4n) is 3.16. The molecule has 1 N–H and O–H groups in total. The van der Waals surface area contributed by atoms with Gasteiger partial charge in [0.05, 0.1) is 16.9 Å². The van der Waals surface area contributed by atoms with E-state index < -0.39 is 0 Å². The Morgan fingerprint density at radius 3 is 2.85 bits per heavy atom. The van der Waals surface area contributed by atoms with Crippen molar-refractivity contribution in [1.29, 1.82) is 0 Å². The summed E-state index contributed by atoms with van der Waals surface area (Å²) in [5.74, 6) is 1.60. The Labute approximate surface area is 155 Å². The van der Waals surface area contributed by atoms with Crippen LogP contribution in [0.1, 0.15) is 24.4 Å². The Hall–Kier alpha value is -3.35. The van der Waals surface area contributed by atoms with Crippen LogP contribution < -0.4 is 20.3 Å². The van der Waals surface area contributed by atoms with Crippen molar-refractivity contribution in [3.63, 3.8) is 0 Å². The van der Waals surface area contributed by atoms with Crippen molar-refractivity contribution in [2.75, 3.05) is 6.79 Å². The molecular weight excluding hydrogens is 346 g/mol. The summed E-state index contributed by atoms with van der Waals surface area (Å²) in [7, 11) is 0. The van der Waals surface area contributed by atoms with Crippen LogP contribution in [0, 0.1) is 6.92 Å². The predicted octanol–water partition coefficient (Wildman–Crippen LogP) is 2.31. The van der Waals surface area contributed by atoms with E-state index in [1.165, 1.54) is 4.57 Å². The highest BCUT2D eigenvalue weighted by Gasteiger charge is 2.18. The second-order valence-corrected chi connectivity index (χ2v) is 6.47. The van der Waals surface area contributed by atoms with Gasteiger partial charge in [0.15, 0.2) is 11.5 Å². The number of ether oxygens (including phenoxy) is 2. The first-order valence-corrected chi connectivity index (χ1v) is 8.68. The van der Waals surface area contributed by atoms with E-state index in [-0.39, 0.29) is 30.8 Å². The molecule has 0 fully saturated rings. The minimum absolute atomic E-state index is 0.0859. The number of para-hydroxylation sites is 1. The van der Waals surface area contributed by atoms with Gasteiger partial charge in [0.2, 0.25) is 12.7 Å². The zero-order valence-electron chi connectivity index (χ0n) is 15.1. The summed E-state index contributed by atoms with van der Waals surface area (Å²) in [6, 6.07) is 12.4. The van der Waals surface area contributed by atoms with E-state index in [0.717, 1.165) is 5.56 Å². The molecule has 0 saturated carbocycles. The number of carbonyl (C=O) groups excluding carboxylic acids is 1. The zero-order valence-corrected chi connectivity index (χ0v) is 15.1. The Morgan fingerprint density at radius 2 is 2.00 bits per heavy atom. The van der Waals surface area contributed by atoms with Crippen LogP contribution in [-0.2, 0) is 11.3 Å². The summed E-state index contributed by atoms with van der Waals surface area (Å²) >= 11 is 0. The number of hydrogen-bond acceptors (Lipinski definition) is 5. The van der Waals surface area contributed by atoms with Crippen molar-refractivity contribution >= 4 is 16.8 Å². The summed E-state index contributed by atoms with van der Waals surface area (Å²) in [6.07, 6.45) is 0. The molecule has 0 bridgehead atoms. The molecule has 3 aromatic rings. The van der Waals surface area contributed by atoms with Gasteiger partial charge in [-0.15, -0.1) is 0 Å². The quantitative estimate of drug-likeness (QED) is 0.767. The molecule has 1 amide bonds. The van der Waals surface area contributed by atoms with Gasteiger partial charge in [-0.1, -0.05) is 18.2 Å². The maximum Gasteiger partial charge on any atom is 0.261 e. The first-order chi connectivity index (χ1) is 13.0. The Balaban J connectivity index is 1.53. The fourth-order valence-corrected chi connectivity index (χ4v) is 3.16. The molecule has 138 valence electrons. The van der Waals surface area contributed by atoms with Crippen LogP contribution in [0.2, 0.25) is 0 Å². The van der Waals surface area contributed by atoms with Crippen molar-refractivity contribution < 1.29 is 14.3 Å². The van der Waals surface area contributed by atoms with Gasteiger partial charge in [0.25, 0.3) is 5.56 Å². The van der Waals surface area contributed by atoms with E-state index in [1.54, 1.807) is 25.1 Å². The predicted molar refractivity (Wildman–Crippen MR) is 99.9 cm³/mol. The Bertz CT molecular complexity index is 1090. The topological polar surface area (TPSA) is 82.5 Å². The second-order valence-electron chi connectivity index (χ2n) is 6.47. The van der Waals surface area contributed by atoms with E-state index in [1.807, 2.05) is 31.2 Å². The molecule has 0 aliphatic carbocycles. The summed E-state index contributed by atoms with van der Waals surface area (Å²) in [5, 5.41) is 3.42. The third-order valence-corrected chi connectivity index (χ3v) is 4.63. The lowest BCUT2D eigenvalue weighted by molar-refractivity contribution is -0.122. The number of rotatable bonds is 4. The molecule has 0 spiro atoms. The van der Waals surface area contributed by atoms with Crippen LogP contribution >= 0.6 is 0 Å². The van der Waals surface area contributed by atoms with Crippen molar-refractivity contribution in [3.8, 4) is 11.5 Å². The van der Waals surface area contributed by atoms with Gasteiger partial charge in [0.1, 0.15) is 12.4 Å². The summed E-state index contributed by atoms with van der Waals surface area (Å²) < 4.78 is 12.1. The zero-order chi connectivity index (χ0) is 19.0. The number of nitrogens with one attached hydrogen (secondary N) is 1. The number of amides is 1. The molecule has 2 heterocycles. The number of aryl methyl sites for hydroxylation is 1. The van der Waals surface area contributed by atoms with E-state index >= 15 is 0 Å². The van der Waals surface area contributed by atoms with Crippen LogP contribution in [-0.4, -0.2) is 22.3 Å². The normalized spacial score (nSPS) is 13.6. The lowest BCUT2D eigenvalue weighted by Crippen LogP contribution is -2.35. The Morgan fingerprint density at radius 1 is 1.22 bits per heavy atom. The summed E-state index contributed by atoms with van der Waals surface area (Å²) in [5.41, 5.74) is 1.31. The maximum absolute atomic E-state index is 12.7. The molecule has 1 aliphatic heterocycles. The van der Waals surface area contributed by atoms with Gasteiger partial charge in [-0.25, -0.2) is 4.98 Å². The van der Waals surface area contributed by atoms with Gasteiger partial charge in [-0.05, 0) is 43.7 Å². The number of fused-ring (bicyclic) bond motifs is 2. The van der Waals surface area contributed by atoms with Crippen molar-refractivity contribution in [3.05, 3.63) is 64.2 Å². The average Bonchev–Trinajstić information content (AvgIpc) is 3.13. The lowest BCUT2D eigenvalue weighted by Gasteiger charge is -2.16. The molecular formula is C20H19N3O4. The fraction of sp³-hybridized carbons (Fsp3) is 0.250. The maximum atomic E-state index is 12.7. The van der Waals surface area contributed by atoms with Gasteiger partial charge < -0.3 is 14.8 Å². The van der Waals surface area contributed by atoms with Gasteiger partial charge in [-0.2, -0.15) is 0 Å². The van der Waals surface area contributed by atoms with Gasteiger partial charge in [-0.3, -0.25) is 14.2 Å². The first kappa shape index (κ1) is 17.1. The Kier molecular flexibility index (Phi) is 4.27. The number of carbonyl (C=O) groups is 1. The average molecular weight is 365 g/mol. The van der Waals surface area contributed by atoms with Crippen LogP contribution in [0.15, 0.2) is 47.3 Å². The number of aromatic nitrogens is 2. The summed E-state index contributed by atoms with van der Waals surface area (Å²) in [6.45, 7) is 3.72. The molecule has 7 heteroatoms. The number of nitrogens with zero attached hydrogens (tertiary/aromatic N) is 2. The molecule has 1 aliphatic rings. The molecule has 7 nitrogen and oxygen atoms in total. The molecule has 27 heavy (non-hydrogen) atoms. The van der Waals surface area contributed by atoms with Crippen LogP contribution in [0.5, 0.6) is 11.5 Å². The monoisotopic (exact) mass is 365 g/mol. The highest BCUT2D eigenvalue weighted by atomic mass is 16.7. The minimum atomic E-state index is -0.262. The lowest BCUT2D eigenvalue weighted by atomic mass is 10.1. The smallest absolute Gasteiger partial charge is 0.261 e. The highest BCUT2D eigenvalue weighted by molar-refractivity contribution is 5.79. The molecule has 0 radical (unpaired) electrons. The molecule has 4 rings (SSSR count). The third-order valence-electron chi connectivity index (χ3n) is 4.63. The van der Waals surface area contributed by atoms with Gasteiger partial charge in [0, 0.05) is 0 Å². The van der Waals surface area contributed by atoms with Crippen molar-refractivity contribution in [1.82, 2.24) is 14.9 Å². The van der Waals surface area contributed by atoms with E-state index in [2.05, 4.69) is 10.3 Å². The molecule has 0 unspecified atom stereocenters.